The van der Waals surface area contributed by atoms with Crippen molar-refractivity contribution in [1.29, 1.82) is 0 Å². The molecule has 0 aliphatic heterocycles. The second-order valence-corrected chi connectivity index (χ2v) is 6.68. The first kappa shape index (κ1) is 18.3. The van der Waals surface area contributed by atoms with Crippen molar-refractivity contribution in [3.63, 3.8) is 0 Å². The summed E-state index contributed by atoms with van der Waals surface area (Å²) in [7, 11) is 0. The van der Waals surface area contributed by atoms with Gasteiger partial charge in [-0.05, 0) is 24.8 Å². The van der Waals surface area contributed by atoms with E-state index in [0.717, 1.165) is 17.7 Å². The molecule has 1 atom stereocenters. The number of carbonyl (C=O) groups excluding carboxylic acids is 1. The smallest absolute Gasteiger partial charge is 0.408 e. The zero-order valence-electron chi connectivity index (χ0n) is 14.3. The molecule has 0 fully saturated rings. The number of rotatable bonds is 8. The van der Waals surface area contributed by atoms with Gasteiger partial charge in [0, 0.05) is 5.38 Å². The van der Waals surface area contributed by atoms with Crippen LogP contribution >= 0.6 is 11.3 Å². The Hall–Kier alpha value is -2.08. The molecule has 24 heavy (non-hydrogen) atoms. The van der Waals surface area contributed by atoms with E-state index >= 15 is 0 Å². The summed E-state index contributed by atoms with van der Waals surface area (Å²) in [6.45, 7) is 6.97. The van der Waals surface area contributed by atoms with Gasteiger partial charge in [-0.1, -0.05) is 55.5 Å². The van der Waals surface area contributed by atoms with Crippen LogP contribution in [-0.2, 0) is 11.3 Å². The molecule has 0 bridgehead atoms. The lowest BCUT2D eigenvalue weighted by atomic mass is 10.0. The first-order valence-electron chi connectivity index (χ1n) is 8.14. The first-order chi connectivity index (χ1) is 11.6. The lowest BCUT2D eigenvalue weighted by Gasteiger charge is -2.18. The summed E-state index contributed by atoms with van der Waals surface area (Å²) in [5, 5.41) is 5.47. The molecule has 0 aliphatic carbocycles. The van der Waals surface area contributed by atoms with E-state index in [1.54, 1.807) is 0 Å². The molecule has 130 valence electrons. The number of ether oxygens (including phenoxy) is 2. The Labute approximate surface area is 147 Å². The fourth-order valence-electron chi connectivity index (χ4n) is 2.25. The molecule has 1 N–H and O–H groups in total. The standard InChI is InChI=1S/C18H24N2O3S/c1-4-22-18-20-16(12-24-18)15(10-13(2)3)19-17(21)23-11-14-8-6-5-7-9-14/h5-9,12-13,15H,4,10-11H2,1-3H3,(H,19,21)/t15-/m0/s1. The van der Waals surface area contributed by atoms with Crippen LogP contribution in [-0.4, -0.2) is 17.7 Å². The van der Waals surface area contributed by atoms with Crippen LogP contribution < -0.4 is 10.1 Å². The summed E-state index contributed by atoms with van der Waals surface area (Å²) in [5.74, 6) is 0.418. The maximum absolute atomic E-state index is 12.1. The minimum atomic E-state index is -0.435. The van der Waals surface area contributed by atoms with Gasteiger partial charge in [-0.2, -0.15) is 0 Å². The van der Waals surface area contributed by atoms with Gasteiger partial charge in [0.2, 0.25) is 0 Å². The number of nitrogens with one attached hydrogen (secondary N) is 1. The number of thiazole rings is 1. The Bertz CT molecular complexity index is 628. The Balaban J connectivity index is 1.95. The monoisotopic (exact) mass is 348 g/mol. The average Bonchev–Trinajstić information content (AvgIpc) is 3.02. The average molecular weight is 348 g/mol. The quantitative estimate of drug-likeness (QED) is 0.760. The number of hydrogen-bond acceptors (Lipinski definition) is 5. The molecule has 0 spiro atoms. The van der Waals surface area contributed by atoms with Crippen molar-refractivity contribution in [3.8, 4) is 5.19 Å². The van der Waals surface area contributed by atoms with Crippen LogP contribution in [0.3, 0.4) is 0 Å². The van der Waals surface area contributed by atoms with Gasteiger partial charge in [-0.15, -0.1) is 0 Å². The van der Waals surface area contributed by atoms with Crippen molar-refractivity contribution in [2.75, 3.05) is 6.61 Å². The zero-order chi connectivity index (χ0) is 17.4. The van der Waals surface area contributed by atoms with E-state index < -0.39 is 6.09 Å². The molecule has 2 aromatic rings. The predicted molar refractivity (Wildman–Crippen MR) is 95.2 cm³/mol. The van der Waals surface area contributed by atoms with E-state index in [1.165, 1.54) is 11.3 Å². The fraction of sp³-hybridized carbons (Fsp3) is 0.444. The lowest BCUT2D eigenvalue weighted by molar-refractivity contribution is 0.134. The highest BCUT2D eigenvalue weighted by Crippen LogP contribution is 2.26. The van der Waals surface area contributed by atoms with Crippen molar-refractivity contribution in [2.24, 2.45) is 5.92 Å². The molecule has 0 aliphatic rings. The van der Waals surface area contributed by atoms with Gasteiger partial charge in [0.25, 0.3) is 5.19 Å². The van der Waals surface area contributed by atoms with Crippen molar-refractivity contribution >= 4 is 17.4 Å². The second kappa shape index (κ2) is 9.27. The molecule has 2 rings (SSSR count). The highest BCUT2D eigenvalue weighted by atomic mass is 32.1. The van der Waals surface area contributed by atoms with Crippen LogP contribution in [0.4, 0.5) is 4.79 Å². The number of nitrogens with zero attached hydrogens (tertiary/aromatic N) is 1. The van der Waals surface area contributed by atoms with Crippen molar-refractivity contribution in [1.82, 2.24) is 10.3 Å². The highest BCUT2D eigenvalue weighted by molar-refractivity contribution is 7.11. The minimum absolute atomic E-state index is 0.182. The molecule has 1 amide bonds. The first-order valence-corrected chi connectivity index (χ1v) is 9.01. The molecule has 0 unspecified atom stereocenters. The molecule has 0 saturated carbocycles. The molecule has 6 heteroatoms. The molecular formula is C18H24N2O3S. The molecule has 1 aromatic carbocycles. The van der Waals surface area contributed by atoms with E-state index in [1.807, 2.05) is 42.6 Å². The molecule has 0 radical (unpaired) electrons. The number of aromatic nitrogens is 1. The van der Waals surface area contributed by atoms with Crippen LogP contribution in [0, 0.1) is 5.92 Å². The number of benzene rings is 1. The molecular weight excluding hydrogens is 324 g/mol. The number of amides is 1. The summed E-state index contributed by atoms with van der Waals surface area (Å²) < 4.78 is 10.7. The van der Waals surface area contributed by atoms with Gasteiger partial charge >= 0.3 is 6.09 Å². The summed E-state index contributed by atoms with van der Waals surface area (Å²) in [6, 6.07) is 9.44. The van der Waals surface area contributed by atoms with Gasteiger partial charge < -0.3 is 14.8 Å². The maximum atomic E-state index is 12.1. The Kier molecular flexibility index (Phi) is 7.06. The largest absolute Gasteiger partial charge is 0.470 e. The normalized spacial score (nSPS) is 12.0. The second-order valence-electron chi connectivity index (χ2n) is 5.86. The Morgan fingerprint density at radius 1 is 1.29 bits per heavy atom. The van der Waals surface area contributed by atoms with Crippen LogP contribution in [0.1, 0.15) is 44.5 Å². The number of alkyl carbamates (subject to hydrolysis) is 1. The van der Waals surface area contributed by atoms with Gasteiger partial charge in [0.15, 0.2) is 0 Å². The van der Waals surface area contributed by atoms with Crippen LogP contribution in [0.2, 0.25) is 0 Å². The number of hydrogen-bond donors (Lipinski definition) is 1. The van der Waals surface area contributed by atoms with Gasteiger partial charge in [-0.25, -0.2) is 9.78 Å². The SMILES string of the molecule is CCOc1nc([C@H](CC(C)C)NC(=O)OCc2ccccc2)cs1. The lowest BCUT2D eigenvalue weighted by Crippen LogP contribution is -2.30. The van der Waals surface area contributed by atoms with E-state index in [9.17, 15) is 4.79 Å². The van der Waals surface area contributed by atoms with Crippen LogP contribution in [0.25, 0.3) is 0 Å². The highest BCUT2D eigenvalue weighted by Gasteiger charge is 2.20. The van der Waals surface area contributed by atoms with E-state index in [-0.39, 0.29) is 12.6 Å². The molecule has 0 saturated heterocycles. The minimum Gasteiger partial charge on any atom is -0.470 e. The number of carbonyl (C=O) groups is 1. The summed E-state index contributed by atoms with van der Waals surface area (Å²) >= 11 is 1.44. The molecule has 1 aromatic heterocycles. The third-order valence-corrected chi connectivity index (χ3v) is 4.11. The van der Waals surface area contributed by atoms with Gasteiger partial charge in [0.05, 0.1) is 18.3 Å². The van der Waals surface area contributed by atoms with Crippen molar-refractivity contribution in [2.45, 2.75) is 39.8 Å². The summed E-state index contributed by atoms with van der Waals surface area (Å²) in [5.41, 5.74) is 1.77. The zero-order valence-corrected chi connectivity index (χ0v) is 15.1. The van der Waals surface area contributed by atoms with Crippen molar-refractivity contribution in [3.05, 3.63) is 47.0 Å². The summed E-state index contributed by atoms with van der Waals surface area (Å²) in [6.07, 6.45) is 0.353. The molecule has 1 heterocycles. The fourth-order valence-corrected chi connectivity index (χ4v) is 3.03. The van der Waals surface area contributed by atoms with Crippen molar-refractivity contribution < 1.29 is 14.3 Å². The maximum Gasteiger partial charge on any atom is 0.408 e. The Morgan fingerprint density at radius 3 is 2.71 bits per heavy atom. The topological polar surface area (TPSA) is 60.5 Å². The summed E-state index contributed by atoms with van der Waals surface area (Å²) in [4.78, 5) is 16.6. The van der Waals surface area contributed by atoms with E-state index in [0.29, 0.717) is 17.7 Å². The van der Waals surface area contributed by atoms with Crippen LogP contribution in [0.5, 0.6) is 5.19 Å². The molecule has 5 nitrogen and oxygen atoms in total. The van der Waals surface area contributed by atoms with Crippen LogP contribution in [0.15, 0.2) is 35.7 Å². The predicted octanol–water partition coefficient (Wildman–Crippen LogP) is 4.56. The van der Waals surface area contributed by atoms with Gasteiger partial charge in [0.1, 0.15) is 6.61 Å². The Morgan fingerprint density at radius 2 is 2.04 bits per heavy atom. The third kappa shape index (κ3) is 5.85. The third-order valence-electron chi connectivity index (χ3n) is 3.34. The van der Waals surface area contributed by atoms with Gasteiger partial charge in [-0.3, -0.25) is 0 Å². The van der Waals surface area contributed by atoms with E-state index in [4.69, 9.17) is 9.47 Å². The van der Waals surface area contributed by atoms with E-state index in [2.05, 4.69) is 24.1 Å².